The number of anilines is 2. The van der Waals surface area contributed by atoms with Gasteiger partial charge in [-0.15, -0.1) is 0 Å². The van der Waals surface area contributed by atoms with Crippen LogP contribution in [0.25, 0.3) is 11.3 Å². The highest BCUT2D eigenvalue weighted by atomic mass is 19.1. The summed E-state index contributed by atoms with van der Waals surface area (Å²) in [5, 5.41) is 2.77. The lowest BCUT2D eigenvalue weighted by atomic mass is 10.2. The van der Waals surface area contributed by atoms with Gasteiger partial charge in [-0.05, 0) is 37.1 Å². The first kappa shape index (κ1) is 18.3. The summed E-state index contributed by atoms with van der Waals surface area (Å²) in [6.07, 6.45) is 2.87. The van der Waals surface area contributed by atoms with Gasteiger partial charge in [0.15, 0.2) is 0 Å². The van der Waals surface area contributed by atoms with E-state index in [-0.39, 0.29) is 18.0 Å². The molecule has 0 bridgehead atoms. The Labute approximate surface area is 164 Å². The molecule has 0 saturated carbocycles. The Morgan fingerprint density at radius 3 is 2.57 bits per heavy atom. The fraction of sp³-hybridized carbons (Fsp3) is 0.261. The van der Waals surface area contributed by atoms with Crippen molar-refractivity contribution in [3.05, 3.63) is 72.2 Å². The van der Waals surface area contributed by atoms with Crippen LogP contribution in [0.3, 0.4) is 0 Å². The van der Waals surface area contributed by atoms with Crippen molar-refractivity contribution < 1.29 is 13.6 Å². The van der Waals surface area contributed by atoms with Crippen LogP contribution in [-0.4, -0.2) is 19.0 Å². The van der Waals surface area contributed by atoms with Crippen LogP contribution in [0, 0.1) is 5.82 Å². The largest absolute Gasteiger partial charge is 0.461 e. The molecule has 3 aromatic rings. The number of furan rings is 1. The maximum Gasteiger partial charge on any atom is 0.224 e. The van der Waals surface area contributed by atoms with Crippen molar-refractivity contribution in [2.45, 2.75) is 25.7 Å². The molecule has 4 rings (SSSR count). The van der Waals surface area contributed by atoms with Crippen LogP contribution >= 0.6 is 0 Å². The van der Waals surface area contributed by atoms with E-state index in [2.05, 4.69) is 10.2 Å². The molecule has 5 heteroatoms. The molecule has 1 aliphatic heterocycles. The van der Waals surface area contributed by atoms with Gasteiger partial charge in [-0.25, -0.2) is 4.39 Å². The van der Waals surface area contributed by atoms with Gasteiger partial charge in [0.25, 0.3) is 0 Å². The Balaban J connectivity index is 1.40. The fourth-order valence-electron chi connectivity index (χ4n) is 3.57. The van der Waals surface area contributed by atoms with E-state index in [1.165, 1.54) is 6.07 Å². The standard InChI is InChI=1S/C23H23FN2O2/c24-19-9-6-10-20(26-15-4-5-16-26)23(19)25-22(27)14-12-18-11-13-21(28-18)17-7-2-1-3-8-17/h1-3,6-11,13H,4-5,12,14-16H2,(H,25,27). The van der Waals surface area contributed by atoms with Gasteiger partial charge in [-0.3, -0.25) is 4.79 Å². The van der Waals surface area contributed by atoms with E-state index < -0.39 is 5.82 Å². The molecular weight excluding hydrogens is 355 g/mol. The first-order valence-corrected chi connectivity index (χ1v) is 9.68. The lowest BCUT2D eigenvalue weighted by Crippen LogP contribution is -2.22. The summed E-state index contributed by atoms with van der Waals surface area (Å²) in [5.41, 5.74) is 2.04. The van der Waals surface area contributed by atoms with E-state index in [9.17, 15) is 9.18 Å². The highest BCUT2D eigenvalue weighted by molar-refractivity contribution is 5.94. The number of amides is 1. The van der Waals surface area contributed by atoms with E-state index in [1.807, 2.05) is 48.5 Å². The minimum absolute atomic E-state index is 0.219. The van der Waals surface area contributed by atoms with Crippen LogP contribution in [0.5, 0.6) is 0 Å². The average Bonchev–Trinajstić information content (AvgIpc) is 3.41. The molecule has 1 fully saturated rings. The van der Waals surface area contributed by atoms with E-state index in [1.54, 1.807) is 6.07 Å². The topological polar surface area (TPSA) is 45.5 Å². The van der Waals surface area contributed by atoms with Crippen molar-refractivity contribution >= 4 is 17.3 Å². The molecule has 0 atom stereocenters. The molecule has 144 valence electrons. The number of hydrogen-bond acceptors (Lipinski definition) is 3. The second-order valence-electron chi connectivity index (χ2n) is 7.01. The minimum atomic E-state index is -0.401. The normalized spacial score (nSPS) is 13.7. The van der Waals surface area contributed by atoms with E-state index in [0.717, 1.165) is 48.7 Å². The molecule has 1 N–H and O–H groups in total. The summed E-state index contributed by atoms with van der Waals surface area (Å²) in [6.45, 7) is 1.78. The fourth-order valence-corrected chi connectivity index (χ4v) is 3.57. The van der Waals surface area contributed by atoms with Crippen molar-refractivity contribution in [2.24, 2.45) is 0 Å². The van der Waals surface area contributed by atoms with Gasteiger partial charge < -0.3 is 14.6 Å². The lowest BCUT2D eigenvalue weighted by molar-refractivity contribution is -0.116. The Morgan fingerprint density at radius 2 is 1.79 bits per heavy atom. The Hall–Kier alpha value is -3.08. The summed E-state index contributed by atoms with van der Waals surface area (Å²) in [7, 11) is 0. The first-order valence-electron chi connectivity index (χ1n) is 9.68. The Kier molecular flexibility index (Phi) is 5.42. The Bertz CT molecular complexity index is 946. The first-order chi connectivity index (χ1) is 13.7. The zero-order valence-corrected chi connectivity index (χ0v) is 15.7. The smallest absolute Gasteiger partial charge is 0.224 e. The van der Waals surface area contributed by atoms with Crippen molar-refractivity contribution in [2.75, 3.05) is 23.3 Å². The van der Waals surface area contributed by atoms with Crippen LogP contribution in [-0.2, 0) is 11.2 Å². The zero-order valence-electron chi connectivity index (χ0n) is 15.7. The summed E-state index contributed by atoms with van der Waals surface area (Å²) >= 11 is 0. The number of para-hydroxylation sites is 1. The van der Waals surface area contributed by atoms with Crippen LogP contribution in [0.2, 0.25) is 0 Å². The molecule has 4 nitrogen and oxygen atoms in total. The molecule has 2 aromatic carbocycles. The molecule has 0 radical (unpaired) electrons. The molecule has 28 heavy (non-hydrogen) atoms. The summed E-state index contributed by atoms with van der Waals surface area (Å²) in [6, 6.07) is 18.6. The second-order valence-corrected chi connectivity index (χ2v) is 7.01. The van der Waals surface area contributed by atoms with Crippen LogP contribution in [0.15, 0.2) is 65.1 Å². The number of rotatable bonds is 6. The van der Waals surface area contributed by atoms with Gasteiger partial charge in [0.1, 0.15) is 23.0 Å². The molecule has 0 aliphatic carbocycles. The third kappa shape index (κ3) is 4.09. The zero-order chi connectivity index (χ0) is 19.3. The number of hydrogen-bond donors (Lipinski definition) is 1. The quantitative estimate of drug-likeness (QED) is 0.637. The molecule has 1 aromatic heterocycles. The third-order valence-electron chi connectivity index (χ3n) is 5.02. The van der Waals surface area contributed by atoms with Gasteiger partial charge >= 0.3 is 0 Å². The molecule has 1 amide bonds. The van der Waals surface area contributed by atoms with Gasteiger partial charge in [-0.1, -0.05) is 36.4 Å². The number of carbonyl (C=O) groups is 1. The van der Waals surface area contributed by atoms with Crippen molar-refractivity contribution in [1.29, 1.82) is 0 Å². The van der Waals surface area contributed by atoms with Gasteiger partial charge in [-0.2, -0.15) is 0 Å². The number of nitrogens with zero attached hydrogens (tertiary/aromatic N) is 1. The lowest BCUT2D eigenvalue weighted by Gasteiger charge is -2.22. The van der Waals surface area contributed by atoms with E-state index in [4.69, 9.17) is 4.42 Å². The third-order valence-corrected chi connectivity index (χ3v) is 5.02. The molecule has 1 saturated heterocycles. The predicted octanol–water partition coefficient (Wildman–Crippen LogP) is 5.26. The monoisotopic (exact) mass is 378 g/mol. The molecule has 0 spiro atoms. The number of halogens is 1. The van der Waals surface area contributed by atoms with E-state index in [0.29, 0.717) is 6.42 Å². The van der Waals surface area contributed by atoms with Crippen molar-refractivity contribution in [1.82, 2.24) is 0 Å². The number of benzene rings is 2. The van der Waals surface area contributed by atoms with E-state index >= 15 is 0 Å². The maximum atomic E-state index is 14.4. The van der Waals surface area contributed by atoms with Gasteiger partial charge in [0.2, 0.25) is 5.91 Å². The average molecular weight is 378 g/mol. The number of aryl methyl sites for hydroxylation is 1. The number of nitrogens with one attached hydrogen (secondary N) is 1. The van der Waals surface area contributed by atoms with Gasteiger partial charge in [0.05, 0.1) is 5.69 Å². The second kappa shape index (κ2) is 8.30. The highest BCUT2D eigenvalue weighted by Crippen LogP contribution is 2.31. The summed E-state index contributed by atoms with van der Waals surface area (Å²) < 4.78 is 20.2. The summed E-state index contributed by atoms with van der Waals surface area (Å²) in [4.78, 5) is 14.6. The molecular formula is C23H23FN2O2. The summed E-state index contributed by atoms with van der Waals surface area (Å²) in [5.74, 6) is 0.897. The predicted molar refractivity (Wildman–Crippen MR) is 109 cm³/mol. The number of carbonyl (C=O) groups excluding carboxylic acids is 1. The van der Waals surface area contributed by atoms with Crippen LogP contribution < -0.4 is 10.2 Å². The van der Waals surface area contributed by atoms with Crippen molar-refractivity contribution in [3.63, 3.8) is 0 Å². The van der Waals surface area contributed by atoms with Crippen LogP contribution in [0.1, 0.15) is 25.0 Å². The SMILES string of the molecule is O=C(CCc1ccc(-c2ccccc2)o1)Nc1c(F)cccc1N1CCCC1. The maximum absolute atomic E-state index is 14.4. The van der Waals surface area contributed by atoms with Gasteiger partial charge in [0, 0.05) is 31.5 Å². The minimum Gasteiger partial charge on any atom is -0.461 e. The molecule has 2 heterocycles. The highest BCUT2D eigenvalue weighted by Gasteiger charge is 2.19. The molecule has 1 aliphatic rings. The molecule has 0 unspecified atom stereocenters. The Morgan fingerprint density at radius 1 is 1.00 bits per heavy atom. The van der Waals surface area contributed by atoms with Crippen molar-refractivity contribution in [3.8, 4) is 11.3 Å². The van der Waals surface area contributed by atoms with Crippen LogP contribution in [0.4, 0.5) is 15.8 Å².